The van der Waals surface area contributed by atoms with Crippen LogP contribution in [0.5, 0.6) is 11.5 Å². The fourth-order valence-electron chi connectivity index (χ4n) is 1.81. The van der Waals surface area contributed by atoms with E-state index in [0.717, 1.165) is 18.2 Å². The molecular formula is C15H22BrNO3. The van der Waals surface area contributed by atoms with Gasteiger partial charge in [0.1, 0.15) is 11.5 Å². The lowest BCUT2D eigenvalue weighted by Gasteiger charge is -2.11. The number of ether oxygens (including phenoxy) is 2. The number of halogens is 1. The molecule has 1 N–H and O–H groups in total. The van der Waals surface area contributed by atoms with E-state index in [4.69, 9.17) is 9.47 Å². The Balaban J connectivity index is 2.55. The fraction of sp³-hybridized carbons (Fsp3) is 0.533. The Morgan fingerprint density at radius 3 is 2.70 bits per heavy atom. The van der Waals surface area contributed by atoms with Crippen LogP contribution in [0.2, 0.25) is 0 Å². The van der Waals surface area contributed by atoms with Gasteiger partial charge in [-0.3, -0.25) is 4.79 Å². The van der Waals surface area contributed by atoms with E-state index in [1.54, 1.807) is 32.4 Å². The van der Waals surface area contributed by atoms with E-state index in [9.17, 15) is 4.79 Å². The Kier molecular flexibility index (Phi) is 7.44. The van der Waals surface area contributed by atoms with Gasteiger partial charge in [0.2, 0.25) is 0 Å². The van der Waals surface area contributed by atoms with Gasteiger partial charge < -0.3 is 14.8 Å². The highest BCUT2D eigenvalue weighted by Crippen LogP contribution is 2.24. The van der Waals surface area contributed by atoms with Crippen molar-refractivity contribution in [1.82, 2.24) is 5.32 Å². The number of nitrogens with one attached hydrogen (secondary N) is 1. The van der Waals surface area contributed by atoms with Gasteiger partial charge in [-0.15, -0.1) is 0 Å². The Hall–Kier alpha value is -1.23. The second kappa shape index (κ2) is 8.84. The summed E-state index contributed by atoms with van der Waals surface area (Å²) in [6.07, 6.45) is 2.06. The van der Waals surface area contributed by atoms with Crippen molar-refractivity contribution in [2.24, 2.45) is 5.92 Å². The quantitative estimate of drug-likeness (QED) is 0.582. The highest BCUT2D eigenvalue weighted by molar-refractivity contribution is 9.09. The second-order valence-corrected chi connectivity index (χ2v) is 5.37. The minimum absolute atomic E-state index is 0.115. The summed E-state index contributed by atoms with van der Waals surface area (Å²) in [6, 6.07) is 5.18. The molecule has 1 unspecified atom stereocenters. The van der Waals surface area contributed by atoms with Crippen LogP contribution < -0.4 is 14.8 Å². The maximum absolute atomic E-state index is 12.1. The molecule has 0 aliphatic heterocycles. The van der Waals surface area contributed by atoms with Crippen LogP contribution in [0.15, 0.2) is 18.2 Å². The van der Waals surface area contributed by atoms with E-state index < -0.39 is 0 Å². The minimum Gasteiger partial charge on any atom is -0.497 e. The lowest BCUT2D eigenvalue weighted by Crippen LogP contribution is -2.25. The monoisotopic (exact) mass is 343 g/mol. The summed E-state index contributed by atoms with van der Waals surface area (Å²) in [5.74, 6) is 1.71. The van der Waals surface area contributed by atoms with Crippen LogP contribution in [0, 0.1) is 5.92 Å². The van der Waals surface area contributed by atoms with Crippen LogP contribution >= 0.6 is 15.9 Å². The number of amides is 1. The summed E-state index contributed by atoms with van der Waals surface area (Å²) in [6.45, 7) is 2.86. The van der Waals surface area contributed by atoms with Crippen LogP contribution in [-0.4, -0.2) is 32.0 Å². The third-order valence-electron chi connectivity index (χ3n) is 3.08. The number of carbonyl (C=O) groups is 1. The largest absolute Gasteiger partial charge is 0.497 e. The predicted octanol–water partition coefficient (Wildman–Crippen LogP) is 3.24. The molecule has 5 heteroatoms. The Bertz CT molecular complexity index is 437. The first-order valence-electron chi connectivity index (χ1n) is 6.68. The molecule has 0 spiro atoms. The highest BCUT2D eigenvalue weighted by Gasteiger charge is 2.12. The molecule has 1 aromatic rings. The Morgan fingerprint density at radius 2 is 2.10 bits per heavy atom. The predicted molar refractivity (Wildman–Crippen MR) is 84.1 cm³/mol. The van der Waals surface area contributed by atoms with Gasteiger partial charge in [0, 0.05) is 17.9 Å². The highest BCUT2D eigenvalue weighted by atomic mass is 79.9. The standard InChI is InChI=1S/C15H22BrNO3/c1-11(10-16)5-4-8-17-15(18)13-7-6-12(19-2)9-14(13)20-3/h6-7,9,11H,4-5,8,10H2,1-3H3,(H,17,18). The zero-order chi connectivity index (χ0) is 15.0. The summed E-state index contributed by atoms with van der Waals surface area (Å²) in [5.41, 5.74) is 0.529. The van der Waals surface area contributed by atoms with Crippen LogP contribution in [-0.2, 0) is 0 Å². The number of rotatable bonds is 8. The average molecular weight is 344 g/mol. The maximum Gasteiger partial charge on any atom is 0.255 e. The number of hydrogen-bond acceptors (Lipinski definition) is 3. The molecule has 1 rings (SSSR count). The molecule has 1 atom stereocenters. The molecule has 1 aromatic carbocycles. The van der Waals surface area contributed by atoms with Crippen LogP contribution in [0.25, 0.3) is 0 Å². The lowest BCUT2D eigenvalue weighted by molar-refractivity contribution is 0.0949. The number of alkyl halides is 1. The Labute approximate surface area is 129 Å². The number of carbonyl (C=O) groups excluding carboxylic acids is 1. The lowest BCUT2D eigenvalue weighted by atomic mass is 10.1. The zero-order valence-corrected chi connectivity index (χ0v) is 13.8. The molecule has 0 aliphatic carbocycles. The summed E-state index contributed by atoms with van der Waals surface area (Å²) in [4.78, 5) is 12.1. The Morgan fingerprint density at radius 1 is 1.35 bits per heavy atom. The van der Waals surface area contributed by atoms with E-state index in [1.165, 1.54) is 0 Å². The first-order chi connectivity index (χ1) is 9.62. The normalized spacial score (nSPS) is 11.8. The number of methoxy groups -OCH3 is 2. The minimum atomic E-state index is -0.115. The molecule has 112 valence electrons. The van der Waals surface area contributed by atoms with Gasteiger partial charge in [0.25, 0.3) is 5.91 Å². The van der Waals surface area contributed by atoms with Gasteiger partial charge >= 0.3 is 0 Å². The van der Waals surface area contributed by atoms with E-state index in [-0.39, 0.29) is 5.91 Å². The first-order valence-corrected chi connectivity index (χ1v) is 7.80. The summed E-state index contributed by atoms with van der Waals surface area (Å²) >= 11 is 3.45. The van der Waals surface area contributed by atoms with Crippen molar-refractivity contribution in [1.29, 1.82) is 0 Å². The zero-order valence-electron chi connectivity index (χ0n) is 12.2. The third-order valence-corrected chi connectivity index (χ3v) is 4.18. The first kappa shape index (κ1) is 16.8. The summed E-state index contributed by atoms with van der Waals surface area (Å²) < 4.78 is 10.3. The molecule has 0 radical (unpaired) electrons. The van der Waals surface area contributed by atoms with Crippen molar-refractivity contribution in [3.63, 3.8) is 0 Å². The molecule has 0 heterocycles. The van der Waals surface area contributed by atoms with Crippen LogP contribution in [0.1, 0.15) is 30.1 Å². The van der Waals surface area contributed by atoms with Crippen molar-refractivity contribution >= 4 is 21.8 Å². The molecule has 20 heavy (non-hydrogen) atoms. The van der Waals surface area contributed by atoms with E-state index in [1.807, 2.05) is 0 Å². The molecule has 4 nitrogen and oxygen atoms in total. The molecule has 0 saturated heterocycles. The van der Waals surface area contributed by atoms with E-state index in [0.29, 0.717) is 29.5 Å². The number of benzene rings is 1. The van der Waals surface area contributed by atoms with Crippen LogP contribution in [0.4, 0.5) is 0 Å². The van der Waals surface area contributed by atoms with Gasteiger partial charge in [0.15, 0.2) is 0 Å². The topological polar surface area (TPSA) is 47.6 Å². The van der Waals surface area contributed by atoms with Crippen molar-refractivity contribution < 1.29 is 14.3 Å². The maximum atomic E-state index is 12.1. The van der Waals surface area contributed by atoms with Gasteiger partial charge in [-0.25, -0.2) is 0 Å². The SMILES string of the molecule is COc1ccc(C(=O)NCCCC(C)CBr)c(OC)c1. The van der Waals surface area contributed by atoms with Gasteiger partial charge in [-0.1, -0.05) is 22.9 Å². The van der Waals surface area contributed by atoms with Crippen molar-refractivity contribution in [2.75, 3.05) is 26.1 Å². The molecular weight excluding hydrogens is 322 g/mol. The average Bonchev–Trinajstić information content (AvgIpc) is 2.50. The smallest absolute Gasteiger partial charge is 0.255 e. The summed E-state index contributed by atoms with van der Waals surface area (Å²) in [7, 11) is 3.13. The molecule has 0 aliphatic rings. The van der Waals surface area contributed by atoms with Gasteiger partial charge in [0.05, 0.1) is 19.8 Å². The second-order valence-electron chi connectivity index (χ2n) is 4.72. The van der Waals surface area contributed by atoms with E-state index >= 15 is 0 Å². The van der Waals surface area contributed by atoms with E-state index in [2.05, 4.69) is 28.2 Å². The van der Waals surface area contributed by atoms with Crippen molar-refractivity contribution in [3.05, 3.63) is 23.8 Å². The fourth-order valence-corrected chi connectivity index (χ4v) is 2.13. The molecule has 0 bridgehead atoms. The summed E-state index contributed by atoms with van der Waals surface area (Å²) in [5, 5.41) is 3.91. The molecule has 0 saturated carbocycles. The number of hydrogen-bond donors (Lipinski definition) is 1. The van der Waals surface area contributed by atoms with Crippen molar-refractivity contribution in [3.8, 4) is 11.5 Å². The third kappa shape index (κ3) is 5.04. The molecule has 0 aromatic heterocycles. The van der Waals surface area contributed by atoms with Crippen molar-refractivity contribution in [2.45, 2.75) is 19.8 Å². The molecule has 0 fully saturated rings. The van der Waals surface area contributed by atoms with Crippen LogP contribution in [0.3, 0.4) is 0 Å². The van der Waals surface area contributed by atoms with Gasteiger partial charge in [-0.2, -0.15) is 0 Å². The van der Waals surface area contributed by atoms with Gasteiger partial charge in [-0.05, 0) is 30.9 Å². The molecule has 1 amide bonds.